The number of rotatable bonds is 5. The molecule has 0 unspecified atom stereocenters. The average molecular weight is 278 g/mol. The number of nitrogens with zero attached hydrogens (tertiary/aromatic N) is 3. The van der Waals surface area contributed by atoms with Crippen LogP contribution in [0.2, 0.25) is 0 Å². The molecule has 0 radical (unpaired) electrons. The number of aromatic nitrogens is 1. The molecular weight excluding hydrogens is 255 g/mol. The smallest absolute Gasteiger partial charge is 0.141 e. The zero-order chi connectivity index (χ0) is 13.9. The molecule has 1 N–H and O–H groups in total. The van der Waals surface area contributed by atoms with Crippen LogP contribution < -0.4 is 10.2 Å². The Bertz CT molecular complexity index is 453. The number of pyridine rings is 1. The van der Waals surface area contributed by atoms with Gasteiger partial charge in [0.25, 0.3) is 0 Å². The van der Waals surface area contributed by atoms with E-state index in [0.29, 0.717) is 6.54 Å². The van der Waals surface area contributed by atoms with Gasteiger partial charge in [0, 0.05) is 44.8 Å². The minimum atomic E-state index is -0.258. The Morgan fingerprint density at radius 2 is 2.05 bits per heavy atom. The van der Waals surface area contributed by atoms with Crippen molar-refractivity contribution in [3.8, 4) is 0 Å². The summed E-state index contributed by atoms with van der Waals surface area (Å²) in [5.74, 6) is 1.63. The quantitative estimate of drug-likeness (QED) is 0.884. The summed E-state index contributed by atoms with van der Waals surface area (Å²) in [5.41, 5.74) is 0.947. The van der Waals surface area contributed by atoms with Gasteiger partial charge in [-0.1, -0.05) is 0 Å². The summed E-state index contributed by atoms with van der Waals surface area (Å²) in [4.78, 5) is 9.15. The Morgan fingerprint density at radius 1 is 1.30 bits per heavy atom. The Morgan fingerprint density at radius 3 is 2.70 bits per heavy atom. The molecule has 1 aliphatic carbocycles. The summed E-state index contributed by atoms with van der Waals surface area (Å²) in [7, 11) is 1.88. The summed E-state index contributed by atoms with van der Waals surface area (Å²) in [6.45, 7) is 6.07. The van der Waals surface area contributed by atoms with Gasteiger partial charge in [0.1, 0.15) is 11.6 Å². The molecule has 0 bridgehead atoms. The van der Waals surface area contributed by atoms with Crippen LogP contribution in [0.15, 0.2) is 12.3 Å². The Labute approximate surface area is 120 Å². The topological polar surface area (TPSA) is 31.4 Å². The molecule has 0 spiro atoms. The first-order chi connectivity index (χ1) is 9.76. The molecule has 20 heavy (non-hydrogen) atoms. The number of halogens is 1. The van der Waals surface area contributed by atoms with Gasteiger partial charge in [-0.3, -0.25) is 4.90 Å². The monoisotopic (exact) mass is 278 g/mol. The second-order valence-electron chi connectivity index (χ2n) is 5.90. The molecule has 2 heterocycles. The van der Waals surface area contributed by atoms with Gasteiger partial charge >= 0.3 is 0 Å². The molecule has 3 rings (SSSR count). The van der Waals surface area contributed by atoms with E-state index in [1.165, 1.54) is 25.6 Å². The minimum Gasteiger partial charge on any atom is -0.354 e. The van der Waals surface area contributed by atoms with Crippen molar-refractivity contribution in [2.24, 2.45) is 5.92 Å². The highest BCUT2D eigenvalue weighted by atomic mass is 19.1. The molecule has 0 amide bonds. The molecule has 1 aromatic rings. The lowest BCUT2D eigenvalue weighted by Gasteiger charge is -2.36. The van der Waals surface area contributed by atoms with E-state index in [1.807, 2.05) is 7.05 Å². The first-order valence-electron chi connectivity index (χ1n) is 7.52. The van der Waals surface area contributed by atoms with Crippen LogP contribution in [0, 0.1) is 11.7 Å². The van der Waals surface area contributed by atoms with Crippen molar-refractivity contribution in [1.82, 2.24) is 15.2 Å². The van der Waals surface area contributed by atoms with Crippen LogP contribution in [0.5, 0.6) is 0 Å². The highest BCUT2D eigenvalue weighted by Crippen LogP contribution is 2.30. The summed E-state index contributed by atoms with van der Waals surface area (Å²) < 4.78 is 13.3. The van der Waals surface area contributed by atoms with Crippen LogP contribution in [0.4, 0.5) is 10.2 Å². The zero-order valence-corrected chi connectivity index (χ0v) is 12.1. The highest BCUT2D eigenvalue weighted by Gasteiger charge is 2.27. The first kappa shape index (κ1) is 13.8. The maximum atomic E-state index is 13.3. The Kier molecular flexibility index (Phi) is 4.17. The van der Waals surface area contributed by atoms with E-state index in [0.717, 1.165) is 43.5 Å². The predicted octanol–water partition coefficient (Wildman–Crippen LogP) is 1.47. The minimum absolute atomic E-state index is 0.258. The summed E-state index contributed by atoms with van der Waals surface area (Å²) >= 11 is 0. The lowest BCUT2D eigenvalue weighted by atomic mass is 10.2. The van der Waals surface area contributed by atoms with Crippen molar-refractivity contribution >= 4 is 5.82 Å². The fourth-order valence-corrected chi connectivity index (χ4v) is 2.89. The lowest BCUT2D eigenvalue weighted by Crippen LogP contribution is -2.47. The first-order valence-corrected chi connectivity index (χ1v) is 7.52. The second-order valence-corrected chi connectivity index (χ2v) is 5.90. The van der Waals surface area contributed by atoms with Crippen molar-refractivity contribution in [1.29, 1.82) is 0 Å². The largest absolute Gasteiger partial charge is 0.354 e. The van der Waals surface area contributed by atoms with Crippen molar-refractivity contribution in [3.05, 3.63) is 23.6 Å². The molecule has 110 valence electrons. The molecule has 1 aliphatic heterocycles. The third-order valence-corrected chi connectivity index (χ3v) is 4.16. The van der Waals surface area contributed by atoms with Crippen molar-refractivity contribution in [2.75, 3.05) is 44.7 Å². The molecule has 0 atom stereocenters. The number of hydrogen-bond acceptors (Lipinski definition) is 4. The van der Waals surface area contributed by atoms with Gasteiger partial charge in [-0.2, -0.15) is 0 Å². The molecule has 4 nitrogen and oxygen atoms in total. The van der Waals surface area contributed by atoms with Crippen molar-refractivity contribution in [3.63, 3.8) is 0 Å². The Balaban J connectivity index is 1.64. The van der Waals surface area contributed by atoms with Gasteiger partial charge in [-0.25, -0.2) is 9.37 Å². The number of hydrogen-bond donors (Lipinski definition) is 1. The predicted molar refractivity (Wildman–Crippen MR) is 78.3 cm³/mol. The van der Waals surface area contributed by atoms with E-state index in [9.17, 15) is 4.39 Å². The molecule has 1 saturated carbocycles. The number of anilines is 1. The number of nitrogens with one attached hydrogen (secondary N) is 1. The standard InChI is InChI=1S/C15H23FN4/c1-17-9-13-8-14(16)10-18-15(13)20-6-4-19(5-7-20)11-12-2-3-12/h8,10,12,17H,2-7,9,11H2,1H3. The van der Waals surface area contributed by atoms with Gasteiger partial charge in [0.15, 0.2) is 0 Å². The lowest BCUT2D eigenvalue weighted by molar-refractivity contribution is 0.247. The Hall–Kier alpha value is -1.20. The molecule has 2 aliphatic rings. The van der Waals surface area contributed by atoms with Gasteiger partial charge in [0.05, 0.1) is 6.20 Å². The van der Waals surface area contributed by atoms with Crippen LogP contribution in [0.25, 0.3) is 0 Å². The highest BCUT2D eigenvalue weighted by molar-refractivity contribution is 5.47. The maximum Gasteiger partial charge on any atom is 0.141 e. The van der Waals surface area contributed by atoms with Gasteiger partial charge < -0.3 is 10.2 Å². The van der Waals surface area contributed by atoms with Gasteiger partial charge in [-0.05, 0) is 31.9 Å². The van der Waals surface area contributed by atoms with Crippen molar-refractivity contribution in [2.45, 2.75) is 19.4 Å². The third-order valence-electron chi connectivity index (χ3n) is 4.16. The fraction of sp³-hybridized carbons (Fsp3) is 0.667. The van der Waals surface area contributed by atoms with Crippen LogP contribution in [-0.2, 0) is 6.54 Å². The third kappa shape index (κ3) is 3.27. The summed E-state index contributed by atoms with van der Waals surface area (Å²) in [6, 6.07) is 1.59. The molecule has 1 aromatic heterocycles. The van der Waals surface area contributed by atoms with Gasteiger partial charge in [-0.15, -0.1) is 0 Å². The van der Waals surface area contributed by atoms with Crippen molar-refractivity contribution < 1.29 is 4.39 Å². The maximum absolute atomic E-state index is 13.3. The van der Waals surface area contributed by atoms with E-state index < -0.39 is 0 Å². The molecule has 5 heteroatoms. The SMILES string of the molecule is CNCc1cc(F)cnc1N1CCN(CC2CC2)CC1. The van der Waals surface area contributed by atoms with Crippen LogP contribution in [0.3, 0.4) is 0 Å². The molecule has 1 saturated heterocycles. The second kappa shape index (κ2) is 6.06. The fourth-order valence-electron chi connectivity index (χ4n) is 2.89. The van der Waals surface area contributed by atoms with E-state index in [2.05, 4.69) is 20.1 Å². The average Bonchev–Trinajstić information content (AvgIpc) is 3.25. The molecule has 0 aromatic carbocycles. The van der Waals surface area contributed by atoms with Crippen LogP contribution in [0.1, 0.15) is 18.4 Å². The van der Waals surface area contributed by atoms with Crippen LogP contribution in [-0.4, -0.2) is 49.7 Å². The summed E-state index contributed by atoms with van der Waals surface area (Å²) in [5, 5.41) is 3.09. The molecular formula is C15H23FN4. The van der Waals surface area contributed by atoms with E-state index in [1.54, 1.807) is 6.07 Å². The van der Waals surface area contributed by atoms with E-state index in [-0.39, 0.29) is 5.82 Å². The normalized spacial score (nSPS) is 20.4. The van der Waals surface area contributed by atoms with Crippen LogP contribution >= 0.6 is 0 Å². The summed E-state index contributed by atoms with van der Waals surface area (Å²) in [6.07, 6.45) is 4.14. The molecule has 2 fully saturated rings. The van der Waals surface area contributed by atoms with Gasteiger partial charge in [0.2, 0.25) is 0 Å². The van der Waals surface area contributed by atoms with E-state index >= 15 is 0 Å². The van der Waals surface area contributed by atoms with E-state index in [4.69, 9.17) is 0 Å². The number of piperazine rings is 1. The zero-order valence-electron chi connectivity index (χ0n) is 12.1.